The van der Waals surface area contributed by atoms with E-state index in [-0.39, 0.29) is 0 Å². The van der Waals surface area contributed by atoms with E-state index in [1.807, 2.05) is 6.07 Å². The summed E-state index contributed by atoms with van der Waals surface area (Å²) in [7, 11) is 0. The Balaban J connectivity index is 1.84. The molecule has 2 aromatic rings. The number of carbonyl (C=O) groups is 1. The number of hydrogen-bond acceptors (Lipinski definition) is 3. The second kappa shape index (κ2) is 7.01. The molecule has 4 rings (SSSR count). The van der Waals surface area contributed by atoms with Gasteiger partial charge in [-0.25, -0.2) is 4.79 Å². The van der Waals surface area contributed by atoms with Crippen molar-refractivity contribution in [3.05, 3.63) is 62.3 Å². The van der Waals surface area contributed by atoms with E-state index in [2.05, 4.69) is 43.0 Å². The highest BCUT2D eigenvalue weighted by atomic mass is 32.1. The molecule has 0 radical (unpaired) electrons. The highest BCUT2D eigenvalue weighted by Gasteiger charge is 2.27. The Bertz CT molecular complexity index is 868. The Morgan fingerprint density at radius 1 is 1.08 bits per heavy atom. The van der Waals surface area contributed by atoms with Gasteiger partial charge in [-0.05, 0) is 67.9 Å². The third kappa shape index (κ3) is 3.12. The summed E-state index contributed by atoms with van der Waals surface area (Å²) in [5.74, 6) is -0.810. The fourth-order valence-corrected chi connectivity index (χ4v) is 5.25. The lowest BCUT2D eigenvalue weighted by Crippen LogP contribution is -2.36. The first kappa shape index (κ1) is 17.5. The Hall–Kier alpha value is -1.91. The molecule has 1 aromatic heterocycles. The fourth-order valence-electron chi connectivity index (χ4n) is 4.25. The number of nitrogens with zero attached hydrogens (tertiary/aromatic N) is 1. The first-order valence-corrected chi connectivity index (χ1v) is 10.3. The van der Waals surface area contributed by atoms with Crippen LogP contribution in [0.3, 0.4) is 0 Å². The quantitative estimate of drug-likeness (QED) is 0.825. The molecule has 0 atom stereocenters. The van der Waals surface area contributed by atoms with Gasteiger partial charge in [0.25, 0.3) is 0 Å². The molecule has 0 unspecified atom stereocenters. The minimum absolute atomic E-state index is 0.465. The summed E-state index contributed by atoms with van der Waals surface area (Å²) in [6, 6.07) is 11.2. The van der Waals surface area contributed by atoms with Crippen LogP contribution >= 0.6 is 11.3 Å². The second-order valence-electron chi connectivity index (χ2n) is 7.52. The number of benzene rings is 1. The first-order valence-electron chi connectivity index (χ1n) is 9.45. The highest BCUT2D eigenvalue weighted by Crippen LogP contribution is 2.41. The number of aryl methyl sites for hydroxylation is 2. The van der Waals surface area contributed by atoms with Gasteiger partial charge in [0, 0.05) is 24.0 Å². The molecule has 1 N–H and O–H groups in total. The van der Waals surface area contributed by atoms with Crippen molar-refractivity contribution in [3.63, 3.8) is 0 Å². The molecule has 2 heterocycles. The van der Waals surface area contributed by atoms with Gasteiger partial charge in [0.1, 0.15) is 4.88 Å². The Morgan fingerprint density at radius 2 is 1.81 bits per heavy atom. The van der Waals surface area contributed by atoms with Crippen LogP contribution in [0, 0.1) is 0 Å². The predicted octanol–water partition coefficient (Wildman–Crippen LogP) is 4.85. The number of aromatic carboxylic acids is 1. The number of thiophene rings is 1. The average Bonchev–Trinajstić information content (AvgIpc) is 2.99. The largest absolute Gasteiger partial charge is 0.477 e. The summed E-state index contributed by atoms with van der Waals surface area (Å²) < 4.78 is 0. The van der Waals surface area contributed by atoms with Crippen molar-refractivity contribution in [1.82, 2.24) is 4.90 Å². The molecule has 0 bridgehead atoms. The normalized spacial score (nSPS) is 17.8. The van der Waals surface area contributed by atoms with Crippen molar-refractivity contribution in [2.75, 3.05) is 13.1 Å². The standard InChI is InChI=1S/C22H25NO2S/c1-14(2)23-11-9-16(10-12-23)21-17-6-4-3-5-15(17)7-8-19-18(21)13-20(26-19)22(24)25/h3-6,13-14H,7-12H2,1-2H3,(H,24,25). The highest BCUT2D eigenvalue weighted by molar-refractivity contribution is 7.14. The molecule has 0 amide bonds. The van der Waals surface area contributed by atoms with Crippen LogP contribution in [0.5, 0.6) is 0 Å². The van der Waals surface area contributed by atoms with Crippen LogP contribution in [0.15, 0.2) is 35.9 Å². The maximum Gasteiger partial charge on any atom is 0.345 e. The zero-order valence-corrected chi connectivity index (χ0v) is 16.2. The molecule has 0 saturated carbocycles. The summed E-state index contributed by atoms with van der Waals surface area (Å²) >= 11 is 1.46. The number of fused-ring (bicyclic) bond motifs is 2. The van der Waals surface area contributed by atoms with Crippen LogP contribution in [0.4, 0.5) is 0 Å². The summed E-state index contributed by atoms with van der Waals surface area (Å²) in [6.45, 7) is 6.69. The Morgan fingerprint density at radius 3 is 2.50 bits per heavy atom. The van der Waals surface area contributed by atoms with Gasteiger partial charge in [0.2, 0.25) is 0 Å². The first-order chi connectivity index (χ1) is 12.5. The van der Waals surface area contributed by atoms with E-state index in [1.165, 1.54) is 44.1 Å². The van der Waals surface area contributed by atoms with Gasteiger partial charge < -0.3 is 10.0 Å². The van der Waals surface area contributed by atoms with Crippen molar-refractivity contribution >= 4 is 22.9 Å². The number of piperidine rings is 1. The van der Waals surface area contributed by atoms with E-state index in [4.69, 9.17) is 0 Å². The zero-order valence-electron chi connectivity index (χ0n) is 15.4. The summed E-state index contributed by atoms with van der Waals surface area (Å²) in [6.07, 6.45) is 4.05. The monoisotopic (exact) mass is 367 g/mol. The summed E-state index contributed by atoms with van der Waals surface area (Å²) in [5.41, 5.74) is 6.69. The molecule has 0 spiro atoms. The molecular formula is C22H25NO2S. The lowest BCUT2D eigenvalue weighted by molar-refractivity contribution is 0.0702. The molecule has 4 heteroatoms. The molecule has 1 aromatic carbocycles. The van der Waals surface area contributed by atoms with Crippen LogP contribution < -0.4 is 0 Å². The van der Waals surface area contributed by atoms with Crippen molar-refractivity contribution in [2.24, 2.45) is 0 Å². The van der Waals surface area contributed by atoms with Crippen LogP contribution in [0.2, 0.25) is 0 Å². The number of rotatable bonds is 2. The molecule has 3 nitrogen and oxygen atoms in total. The van der Waals surface area contributed by atoms with Gasteiger partial charge in [0.15, 0.2) is 0 Å². The molecule has 1 fully saturated rings. The van der Waals surface area contributed by atoms with Crippen molar-refractivity contribution in [3.8, 4) is 0 Å². The van der Waals surface area contributed by atoms with E-state index in [1.54, 1.807) is 0 Å². The van der Waals surface area contributed by atoms with E-state index in [0.29, 0.717) is 10.9 Å². The van der Waals surface area contributed by atoms with E-state index in [9.17, 15) is 9.90 Å². The Kier molecular flexibility index (Phi) is 4.72. The smallest absolute Gasteiger partial charge is 0.345 e. The van der Waals surface area contributed by atoms with Gasteiger partial charge in [-0.3, -0.25) is 0 Å². The lowest BCUT2D eigenvalue weighted by Gasteiger charge is -2.33. The average molecular weight is 368 g/mol. The molecule has 2 aliphatic rings. The number of hydrogen-bond donors (Lipinski definition) is 1. The minimum Gasteiger partial charge on any atom is -0.477 e. The van der Waals surface area contributed by atoms with Crippen LogP contribution in [-0.4, -0.2) is 35.1 Å². The van der Waals surface area contributed by atoms with Gasteiger partial charge >= 0.3 is 5.97 Å². The van der Waals surface area contributed by atoms with E-state index < -0.39 is 5.97 Å². The molecule has 26 heavy (non-hydrogen) atoms. The van der Waals surface area contributed by atoms with Crippen LogP contribution in [0.25, 0.3) is 5.57 Å². The third-order valence-corrected chi connectivity index (χ3v) is 6.87. The summed E-state index contributed by atoms with van der Waals surface area (Å²) in [5, 5.41) is 9.48. The predicted molar refractivity (Wildman–Crippen MR) is 107 cm³/mol. The van der Waals surface area contributed by atoms with Gasteiger partial charge in [0.05, 0.1) is 0 Å². The molecule has 136 valence electrons. The fraction of sp³-hybridized carbons (Fsp3) is 0.409. The Labute approximate surface area is 159 Å². The summed E-state index contributed by atoms with van der Waals surface area (Å²) in [4.78, 5) is 15.8. The number of likely N-dealkylation sites (tertiary alicyclic amines) is 1. The number of carboxylic acids is 1. The second-order valence-corrected chi connectivity index (χ2v) is 8.65. The molecular weight excluding hydrogens is 342 g/mol. The van der Waals surface area contributed by atoms with Crippen LogP contribution in [0.1, 0.15) is 57.9 Å². The lowest BCUT2D eigenvalue weighted by atomic mass is 9.87. The van der Waals surface area contributed by atoms with Crippen molar-refractivity contribution in [1.29, 1.82) is 0 Å². The topological polar surface area (TPSA) is 40.5 Å². The van der Waals surface area contributed by atoms with Crippen molar-refractivity contribution < 1.29 is 9.90 Å². The van der Waals surface area contributed by atoms with Crippen LogP contribution in [-0.2, 0) is 12.8 Å². The maximum atomic E-state index is 11.5. The third-order valence-electron chi connectivity index (χ3n) is 5.68. The maximum absolute atomic E-state index is 11.5. The van der Waals surface area contributed by atoms with E-state index in [0.717, 1.165) is 38.8 Å². The van der Waals surface area contributed by atoms with E-state index >= 15 is 0 Å². The SMILES string of the molecule is CC(C)N1CCC(=C2c3ccccc3CCc3sc(C(=O)O)cc32)CC1. The van der Waals surface area contributed by atoms with Gasteiger partial charge in [-0.1, -0.05) is 29.8 Å². The molecule has 1 saturated heterocycles. The molecule has 1 aliphatic carbocycles. The van der Waals surface area contributed by atoms with Crippen molar-refractivity contribution in [2.45, 2.75) is 45.6 Å². The zero-order chi connectivity index (χ0) is 18.3. The minimum atomic E-state index is -0.810. The molecule has 1 aliphatic heterocycles. The number of carboxylic acid groups (broad SMARTS) is 1. The van der Waals surface area contributed by atoms with Gasteiger partial charge in [-0.15, -0.1) is 11.3 Å². The van der Waals surface area contributed by atoms with Gasteiger partial charge in [-0.2, -0.15) is 0 Å².